The third kappa shape index (κ3) is 6.77. The lowest BCUT2D eigenvalue weighted by molar-refractivity contribution is -0.127. The number of carbonyl (C=O) groups excluding carboxylic acids is 2. The summed E-state index contributed by atoms with van der Waals surface area (Å²) in [6.45, 7) is 6.25. The number of nitrogens with one attached hydrogen (secondary N) is 1. The van der Waals surface area contributed by atoms with Crippen LogP contribution in [0.15, 0.2) is 79.0 Å². The highest BCUT2D eigenvalue weighted by atomic mass is 35.5. The maximum atomic E-state index is 13.3. The monoisotopic (exact) mass is 586 g/mol. The van der Waals surface area contributed by atoms with Gasteiger partial charge in [-0.3, -0.25) is 10.1 Å². The van der Waals surface area contributed by atoms with Crippen molar-refractivity contribution in [2.45, 2.75) is 52.6 Å². The maximum Gasteiger partial charge on any atom is 0.412 e. The Labute approximate surface area is 249 Å². The minimum Gasteiger partial charge on any atom is -0.433 e. The Kier molecular flexibility index (Phi) is 8.54. The van der Waals surface area contributed by atoms with E-state index in [1.807, 2.05) is 18.3 Å². The number of carbonyl (C=O) groups is 2. The first kappa shape index (κ1) is 29.2. The van der Waals surface area contributed by atoms with Crippen LogP contribution in [0, 0.1) is 11.2 Å². The predicted octanol–water partition coefficient (Wildman–Crippen LogP) is 8.45. The Balaban J connectivity index is 1.31. The first-order chi connectivity index (χ1) is 20.1. The van der Waals surface area contributed by atoms with Crippen LogP contribution in [0.2, 0.25) is 5.02 Å². The Morgan fingerprint density at radius 1 is 1.02 bits per heavy atom. The van der Waals surface area contributed by atoms with Gasteiger partial charge in [0.2, 0.25) is 0 Å². The molecule has 0 radical (unpaired) electrons. The van der Waals surface area contributed by atoms with E-state index in [1.165, 1.54) is 35.4 Å². The smallest absolute Gasteiger partial charge is 0.412 e. The number of ketones is 1. The number of halogens is 2. The molecule has 0 aliphatic heterocycles. The second-order valence-corrected chi connectivity index (χ2v) is 11.6. The lowest BCUT2D eigenvalue weighted by Gasteiger charge is -2.33. The van der Waals surface area contributed by atoms with Crippen molar-refractivity contribution < 1.29 is 18.7 Å². The van der Waals surface area contributed by atoms with Crippen molar-refractivity contribution in [2.75, 3.05) is 5.32 Å². The molecule has 4 aromatic rings. The van der Waals surface area contributed by atoms with Crippen molar-refractivity contribution >= 4 is 40.3 Å². The van der Waals surface area contributed by atoms with Gasteiger partial charge in [0.15, 0.2) is 11.9 Å². The standard InChI is InChI=1S/C33H32ClFN4O3/c1-4-30(40)31(22-7-11-24(35)12-8-22)42-32(41)36-25-13-15-26(16-14-25)39-20-29(37-38-39)27-17-18-33(2,3)19-28(27)21-5-9-23(34)10-6-21/h5-16,20,31H,4,17-19H2,1-3H3,(H,36,41)/t31-/m1/s1. The number of ether oxygens (including phenoxy) is 1. The molecule has 5 rings (SSSR count). The Bertz CT molecular complexity index is 1610. The first-order valence-corrected chi connectivity index (χ1v) is 14.3. The topological polar surface area (TPSA) is 86.1 Å². The Hall–Kier alpha value is -4.30. The van der Waals surface area contributed by atoms with Gasteiger partial charge < -0.3 is 4.74 Å². The molecule has 1 atom stereocenters. The molecule has 7 nitrogen and oxygen atoms in total. The normalized spacial score (nSPS) is 15.3. The fourth-order valence-corrected chi connectivity index (χ4v) is 5.25. The van der Waals surface area contributed by atoms with Crippen LogP contribution >= 0.6 is 11.6 Å². The third-order valence-corrected chi connectivity index (χ3v) is 7.74. The lowest BCUT2D eigenvalue weighted by Crippen LogP contribution is -2.23. The number of amides is 1. The van der Waals surface area contributed by atoms with E-state index in [4.69, 9.17) is 16.3 Å². The number of anilines is 1. The SMILES string of the molecule is CCC(=O)[C@H](OC(=O)Nc1ccc(-n2cc(C3=C(c4ccc(Cl)cc4)CC(C)(C)CC3)nn2)cc1)c1ccc(F)cc1. The van der Waals surface area contributed by atoms with E-state index in [9.17, 15) is 14.0 Å². The van der Waals surface area contributed by atoms with Crippen molar-refractivity contribution in [3.8, 4) is 5.69 Å². The summed E-state index contributed by atoms with van der Waals surface area (Å²) < 4.78 is 20.5. The van der Waals surface area contributed by atoms with E-state index in [0.29, 0.717) is 16.3 Å². The second kappa shape index (κ2) is 12.3. The van der Waals surface area contributed by atoms with Gasteiger partial charge in [0, 0.05) is 22.7 Å². The molecule has 9 heteroatoms. The minimum atomic E-state index is -1.12. The van der Waals surface area contributed by atoms with Crippen molar-refractivity contribution in [1.29, 1.82) is 0 Å². The van der Waals surface area contributed by atoms with Crippen LogP contribution in [0.4, 0.5) is 14.9 Å². The molecular formula is C33H32ClFN4O3. The van der Waals surface area contributed by atoms with Gasteiger partial charge in [0.05, 0.1) is 11.9 Å². The zero-order valence-electron chi connectivity index (χ0n) is 23.7. The van der Waals surface area contributed by atoms with Gasteiger partial charge in [0.1, 0.15) is 11.5 Å². The van der Waals surface area contributed by atoms with Crippen LogP contribution < -0.4 is 5.32 Å². The van der Waals surface area contributed by atoms with E-state index in [2.05, 4.69) is 41.6 Å². The lowest BCUT2D eigenvalue weighted by atomic mass is 9.72. The molecule has 216 valence electrons. The average Bonchev–Trinajstić information content (AvgIpc) is 3.46. The van der Waals surface area contributed by atoms with E-state index >= 15 is 0 Å². The number of hydrogen-bond acceptors (Lipinski definition) is 5. The molecule has 1 heterocycles. The van der Waals surface area contributed by atoms with Gasteiger partial charge in [-0.2, -0.15) is 0 Å². The number of Topliss-reactive ketones (excluding diaryl/α,β-unsaturated/α-hetero) is 1. The molecule has 1 aliphatic carbocycles. The third-order valence-electron chi connectivity index (χ3n) is 7.48. The molecule has 0 unspecified atom stereocenters. The number of hydrogen-bond donors (Lipinski definition) is 1. The van der Waals surface area contributed by atoms with Gasteiger partial charge in [-0.25, -0.2) is 13.9 Å². The number of nitrogens with zero attached hydrogens (tertiary/aromatic N) is 3. The predicted molar refractivity (Wildman–Crippen MR) is 162 cm³/mol. The Morgan fingerprint density at radius 3 is 2.38 bits per heavy atom. The molecule has 3 aromatic carbocycles. The highest BCUT2D eigenvalue weighted by Gasteiger charge is 2.29. The summed E-state index contributed by atoms with van der Waals surface area (Å²) in [6.07, 6.45) is 3.05. The van der Waals surface area contributed by atoms with Crippen LogP contribution in [0.5, 0.6) is 0 Å². The molecular weight excluding hydrogens is 555 g/mol. The zero-order chi connectivity index (χ0) is 29.9. The molecule has 0 bridgehead atoms. The summed E-state index contributed by atoms with van der Waals surface area (Å²) in [6, 6.07) is 20.3. The van der Waals surface area contributed by atoms with Crippen LogP contribution in [-0.2, 0) is 9.53 Å². The zero-order valence-corrected chi connectivity index (χ0v) is 24.5. The second-order valence-electron chi connectivity index (χ2n) is 11.2. The molecule has 1 amide bonds. The number of allylic oxidation sites excluding steroid dienone is 2. The summed E-state index contributed by atoms with van der Waals surface area (Å²) in [5.41, 5.74) is 6.24. The van der Waals surface area contributed by atoms with E-state index in [1.54, 1.807) is 35.9 Å². The fourth-order valence-electron chi connectivity index (χ4n) is 5.12. The fraction of sp³-hybridized carbons (Fsp3) is 0.273. The van der Waals surface area contributed by atoms with E-state index in [-0.39, 0.29) is 17.6 Å². The summed E-state index contributed by atoms with van der Waals surface area (Å²) in [4.78, 5) is 25.1. The largest absolute Gasteiger partial charge is 0.433 e. The quantitative estimate of drug-likeness (QED) is 0.224. The molecule has 1 N–H and O–H groups in total. The highest BCUT2D eigenvalue weighted by Crippen LogP contribution is 2.46. The maximum absolute atomic E-state index is 13.3. The molecule has 0 spiro atoms. The van der Waals surface area contributed by atoms with E-state index in [0.717, 1.165) is 36.2 Å². The van der Waals surface area contributed by atoms with Crippen molar-refractivity contribution in [3.05, 3.63) is 107 Å². The van der Waals surface area contributed by atoms with Crippen molar-refractivity contribution in [2.24, 2.45) is 5.41 Å². The number of benzene rings is 3. The van der Waals surface area contributed by atoms with Crippen LogP contribution in [0.1, 0.15) is 69.4 Å². The van der Waals surface area contributed by atoms with Crippen molar-refractivity contribution in [1.82, 2.24) is 15.0 Å². The van der Waals surface area contributed by atoms with Gasteiger partial charge in [0.25, 0.3) is 0 Å². The molecule has 0 saturated heterocycles. The van der Waals surface area contributed by atoms with Gasteiger partial charge in [-0.05, 0) is 89.9 Å². The minimum absolute atomic E-state index is 0.166. The average molecular weight is 587 g/mol. The van der Waals surface area contributed by atoms with Gasteiger partial charge >= 0.3 is 6.09 Å². The molecule has 1 aromatic heterocycles. The van der Waals surface area contributed by atoms with E-state index < -0.39 is 18.0 Å². The summed E-state index contributed by atoms with van der Waals surface area (Å²) in [5.74, 6) is -0.725. The number of aromatic nitrogens is 3. The van der Waals surface area contributed by atoms with Crippen LogP contribution in [0.3, 0.4) is 0 Å². The number of rotatable bonds is 8. The molecule has 0 fully saturated rings. The van der Waals surface area contributed by atoms with Gasteiger partial charge in [-0.1, -0.05) is 61.9 Å². The molecule has 42 heavy (non-hydrogen) atoms. The van der Waals surface area contributed by atoms with Crippen LogP contribution in [-0.4, -0.2) is 26.9 Å². The summed E-state index contributed by atoms with van der Waals surface area (Å²) in [7, 11) is 0. The summed E-state index contributed by atoms with van der Waals surface area (Å²) in [5, 5.41) is 12.2. The summed E-state index contributed by atoms with van der Waals surface area (Å²) >= 11 is 6.14. The first-order valence-electron chi connectivity index (χ1n) is 13.9. The van der Waals surface area contributed by atoms with Crippen LogP contribution in [0.25, 0.3) is 16.8 Å². The molecule has 0 saturated carbocycles. The highest BCUT2D eigenvalue weighted by molar-refractivity contribution is 6.30. The molecule has 1 aliphatic rings. The van der Waals surface area contributed by atoms with Crippen molar-refractivity contribution in [3.63, 3.8) is 0 Å². The Morgan fingerprint density at radius 2 is 1.71 bits per heavy atom. The van der Waals surface area contributed by atoms with Gasteiger partial charge in [-0.15, -0.1) is 5.10 Å².